The van der Waals surface area contributed by atoms with Gasteiger partial charge in [0, 0.05) is 0 Å². The van der Waals surface area contributed by atoms with Crippen molar-refractivity contribution in [3.63, 3.8) is 0 Å². The highest BCUT2D eigenvalue weighted by atomic mass is 16.4. The zero-order valence-corrected chi connectivity index (χ0v) is 45.3. The van der Waals surface area contributed by atoms with Gasteiger partial charge in [0.1, 0.15) is 48.3 Å². The number of carbonyl (C=O) groups excluding carboxylic acids is 8. The Labute approximate surface area is 417 Å². The molecule has 0 unspecified atom stereocenters. The topological polar surface area (TPSA) is 316 Å². The summed E-state index contributed by atoms with van der Waals surface area (Å²) in [4.78, 5) is 122. The van der Waals surface area contributed by atoms with Gasteiger partial charge in [0.05, 0.1) is 12.1 Å². The van der Waals surface area contributed by atoms with Crippen molar-refractivity contribution in [2.45, 2.75) is 217 Å². The van der Waals surface area contributed by atoms with Gasteiger partial charge >= 0.3 is 5.97 Å². The molecular formula is C50H93N9O11. The molecule has 404 valence electrons. The van der Waals surface area contributed by atoms with Gasteiger partial charge in [-0.25, -0.2) is 4.79 Å². The number of carboxylic acid groups (broad SMARTS) is 1. The molecule has 0 aromatic carbocycles. The van der Waals surface area contributed by atoms with Gasteiger partial charge in [-0.05, 0) is 92.8 Å². The fraction of sp³-hybridized carbons (Fsp3) is 0.820. The lowest BCUT2D eigenvalue weighted by Gasteiger charge is -2.30. The molecule has 0 aromatic rings. The molecule has 20 nitrogen and oxygen atoms in total. The van der Waals surface area contributed by atoms with Gasteiger partial charge in [-0.3, -0.25) is 38.4 Å². The van der Waals surface area contributed by atoms with Gasteiger partial charge in [-0.2, -0.15) is 0 Å². The lowest BCUT2D eigenvalue weighted by molar-refractivity contribution is -0.144. The summed E-state index contributed by atoms with van der Waals surface area (Å²) in [5.74, 6) is -8.17. The molecule has 0 saturated heterocycles. The Morgan fingerprint density at radius 3 is 0.814 bits per heavy atom. The Morgan fingerprint density at radius 1 is 0.329 bits per heavy atom. The van der Waals surface area contributed by atoms with E-state index in [1.165, 1.54) is 6.92 Å². The van der Waals surface area contributed by atoms with Crippen LogP contribution in [0.4, 0.5) is 0 Å². The van der Waals surface area contributed by atoms with E-state index in [-0.39, 0.29) is 67.6 Å². The first kappa shape index (κ1) is 65.1. The van der Waals surface area contributed by atoms with Crippen LogP contribution in [0.2, 0.25) is 0 Å². The smallest absolute Gasteiger partial charge is 0.326 e. The SMILES string of the molecule is CC(C)C[C@H](NC(=O)[C@H](CC(C)C)NC(=O)[C@@H](N)CC(C)C)C(=O)N[C@@H](CC(C)C)C(=O)N[C@H](C(=O)N[C@@H](CC(C)C)C(=O)N[C@@H](CC(C)C)C(=O)N[C@H](C(=O)N[C@H](C(=O)O)C(C)C)[C@@H](C)O)C(C)C. The average molecular weight is 996 g/mol. The van der Waals surface area contributed by atoms with E-state index in [0.717, 1.165) is 0 Å². The summed E-state index contributed by atoms with van der Waals surface area (Å²) < 4.78 is 0. The lowest BCUT2D eigenvalue weighted by Crippen LogP contribution is -2.62. The van der Waals surface area contributed by atoms with Crippen molar-refractivity contribution in [2.24, 2.45) is 53.1 Å². The molecule has 8 amide bonds. The number of carboxylic acids is 1. The van der Waals surface area contributed by atoms with Gasteiger partial charge in [0.2, 0.25) is 47.3 Å². The Bertz CT molecular complexity index is 1720. The molecule has 0 radical (unpaired) electrons. The number of aliphatic hydroxyl groups excluding tert-OH is 1. The van der Waals surface area contributed by atoms with Crippen LogP contribution in [0.3, 0.4) is 0 Å². The average Bonchev–Trinajstić information content (AvgIpc) is 3.20. The molecule has 0 aliphatic heterocycles. The van der Waals surface area contributed by atoms with Crippen LogP contribution in [-0.4, -0.2) is 124 Å². The summed E-state index contributed by atoms with van der Waals surface area (Å²) in [5, 5.41) is 41.5. The summed E-state index contributed by atoms with van der Waals surface area (Å²) in [6, 6.07) is -10.5. The van der Waals surface area contributed by atoms with Crippen LogP contribution in [0.1, 0.15) is 156 Å². The maximum absolute atomic E-state index is 14.2. The van der Waals surface area contributed by atoms with E-state index in [0.29, 0.717) is 6.42 Å². The van der Waals surface area contributed by atoms with Crippen molar-refractivity contribution in [1.29, 1.82) is 0 Å². The van der Waals surface area contributed by atoms with Gasteiger partial charge in [0.15, 0.2) is 0 Å². The maximum Gasteiger partial charge on any atom is 0.326 e. The molecule has 0 aliphatic rings. The van der Waals surface area contributed by atoms with Gasteiger partial charge in [-0.15, -0.1) is 0 Å². The monoisotopic (exact) mass is 996 g/mol. The molecule has 0 heterocycles. The van der Waals surface area contributed by atoms with Crippen LogP contribution in [-0.2, 0) is 43.2 Å². The van der Waals surface area contributed by atoms with Crippen LogP contribution in [0.15, 0.2) is 0 Å². The van der Waals surface area contributed by atoms with E-state index in [1.807, 2.05) is 69.2 Å². The quantitative estimate of drug-likeness (QED) is 0.0463. The predicted molar refractivity (Wildman–Crippen MR) is 269 cm³/mol. The number of nitrogens with two attached hydrogens (primary N) is 1. The molecule has 0 fully saturated rings. The minimum Gasteiger partial charge on any atom is -0.480 e. The standard InChI is InChI=1S/C50H93N9O11/c1-24(2)18-33(51)42(61)52-34(19-25(3)4)43(62)53-35(20-26(5)6)44(63)54-37(22-28(9)10)46(65)57-39(30(13)14)48(67)56-36(21-27(7)8)45(64)55-38(23-29(11)12)47(66)59-41(32(17)60)49(68)58-40(31(15)16)50(69)70/h24-41,60H,18-23,51H2,1-17H3,(H,52,61)(H,53,62)(H,54,63)(H,55,64)(H,56,67)(H,57,65)(H,58,68)(H,59,66)(H,69,70)/t32-,33+,34+,35+,36+,37+,38+,39+,40+,41+/m1/s1. The molecule has 0 rings (SSSR count). The van der Waals surface area contributed by atoms with Gasteiger partial charge in [0.25, 0.3) is 0 Å². The van der Waals surface area contributed by atoms with Crippen LogP contribution in [0.25, 0.3) is 0 Å². The first-order valence-electron chi connectivity index (χ1n) is 25.3. The van der Waals surface area contributed by atoms with Gasteiger partial charge < -0.3 is 58.5 Å². The number of rotatable bonds is 32. The number of hydrogen-bond acceptors (Lipinski definition) is 11. The summed E-state index contributed by atoms with van der Waals surface area (Å²) >= 11 is 0. The maximum atomic E-state index is 14.2. The second kappa shape index (κ2) is 31.5. The van der Waals surface area contributed by atoms with Crippen LogP contribution < -0.4 is 48.3 Å². The number of aliphatic hydroxyl groups is 1. The molecule has 20 heteroatoms. The van der Waals surface area contributed by atoms with E-state index in [4.69, 9.17) is 5.73 Å². The largest absolute Gasteiger partial charge is 0.480 e. The molecule has 0 aliphatic carbocycles. The molecule has 70 heavy (non-hydrogen) atoms. The summed E-state index contributed by atoms with van der Waals surface area (Å²) in [6.07, 6.45) is -0.150. The van der Waals surface area contributed by atoms with E-state index in [2.05, 4.69) is 42.5 Å². The highest BCUT2D eigenvalue weighted by Gasteiger charge is 2.37. The third-order valence-corrected chi connectivity index (χ3v) is 11.3. The minimum absolute atomic E-state index is 0.00573. The Morgan fingerprint density at radius 2 is 0.557 bits per heavy atom. The summed E-state index contributed by atoms with van der Waals surface area (Å²) in [5.41, 5.74) is 6.12. The van der Waals surface area contributed by atoms with Crippen molar-refractivity contribution in [3.8, 4) is 0 Å². The van der Waals surface area contributed by atoms with Crippen LogP contribution in [0.5, 0.6) is 0 Å². The Hall–Kier alpha value is -4.85. The second-order valence-corrected chi connectivity index (χ2v) is 22.2. The van der Waals surface area contributed by atoms with Crippen molar-refractivity contribution in [1.82, 2.24) is 42.5 Å². The van der Waals surface area contributed by atoms with E-state index >= 15 is 0 Å². The molecular weight excluding hydrogens is 903 g/mol. The first-order chi connectivity index (χ1) is 32.2. The number of nitrogens with one attached hydrogen (secondary N) is 8. The zero-order chi connectivity index (χ0) is 54.5. The van der Waals surface area contributed by atoms with Crippen molar-refractivity contribution in [3.05, 3.63) is 0 Å². The number of amides is 8. The number of hydrogen-bond donors (Lipinski definition) is 11. The highest BCUT2D eigenvalue weighted by Crippen LogP contribution is 2.15. The summed E-state index contributed by atoms with van der Waals surface area (Å²) in [6.45, 7) is 30.3. The van der Waals surface area contributed by atoms with Gasteiger partial charge in [-0.1, -0.05) is 111 Å². The molecule has 0 saturated carbocycles. The van der Waals surface area contributed by atoms with Crippen molar-refractivity contribution in [2.75, 3.05) is 0 Å². The minimum atomic E-state index is -1.56. The zero-order valence-electron chi connectivity index (χ0n) is 45.3. The summed E-state index contributed by atoms with van der Waals surface area (Å²) in [7, 11) is 0. The fourth-order valence-corrected chi connectivity index (χ4v) is 7.69. The molecule has 12 N–H and O–H groups in total. The van der Waals surface area contributed by atoms with Crippen LogP contribution in [0, 0.1) is 47.3 Å². The van der Waals surface area contributed by atoms with E-state index in [9.17, 15) is 53.4 Å². The second-order valence-electron chi connectivity index (χ2n) is 22.2. The van der Waals surface area contributed by atoms with Crippen LogP contribution >= 0.6 is 0 Å². The number of aliphatic carboxylic acids is 1. The Balaban J connectivity index is 6.56. The molecule has 0 bridgehead atoms. The van der Waals surface area contributed by atoms with Crippen molar-refractivity contribution < 1.29 is 53.4 Å². The third-order valence-electron chi connectivity index (χ3n) is 11.3. The normalized spacial score (nSPS) is 16.2. The number of carbonyl (C=O) groups is 9. The third kappa shape index (κ3) is 24.8. The first-order valence-corrected chi connectivity index (χ1v) is 25.3. The molecule has 0 aromatic heterocycles. The fourth-order valence-electron chi connectivity index (χ4n) is 7.69. The molecule has 0 spiro atoms. The molecule has 10 atom stereocenters. The Kier molecular flexibility index (Phi) is 29.3. The van der Waals surface area contributed by atoms with E-state index in [1.54, 1.807) is 41.5 Å². The lowest BCUT2D eigenvalue weighted by atomic mass is 9.97. The highest BCUT2D eigenvalue weighted by molar-refractivity contribution is 5.98. The van der Waals surface area contributed by atoms with E-state index < -0.39 is 126 Å². The van der Waals surface area contributed by atoms with Crippen molar-refractivity contribution >= 4 is 53.2 Å². The predicted octanol–water partition coefficient (Wildman–Crippen LogP) is 2.25.